The molecule has 0 fully saturated rings. The van der Waals surface area contributed by atoms with Crippen molar-refractivity contribution in [1.29, 1.82) is 0 Å². The van der Waals surface area contributed by atoms with Crippen molar-refractivity contribution in [2.45, 2.75) is 33.1 Å². The van der Waals surface area contributed by atoms with Crippen molar-refractivity contribution < 1.29 is 0 Å². The van der Waals surface area contributed by atoms with Crippen LogP contribution in [0.3, 0.4) is 0 Å². The minimum Gasteiger partial charge on any atom is -0.399 e. The summed E-state index contributed by atoms with van der Waals surface area (Å²) in [6.07, 6.45) is 0. The normalized spacial score (nSPS) is 11.4. The Morgan fingerprint density at radius 3 is 2.05 bits per heavy atom. The number of nitrogens with one attached hydrogen (secondary N) is 1. The van der Waals surface area contributed by atoms with E-state index in [2.05, 4.69) is 56.4 Å². The lowest BCUT2D eigenvalue weighted by atomic mass is 9.87. The quantitative estimate of drug-likeness (QED) is 0.767. The Balaban J connectivity index is 2.20. The van der Waals surface area contributed by atoms with Crippen LogP contribution in [0.4, 0.5) is 17.1 Å². The van der Waals surface area contributed by atoms with Gasteiger partial charge in [-0.3, -0.25) is 0 Å². The van der Waals surface area contributed by atoms with E-state index >= 15 is 0 Å². The van der Waals surface area contributed by atoms with Gasteiger partial charge in [0.05, 0.1) is 0 Å². The van der Waals surface area contributed by atoms with E-state index in [1.165, 1.54) is 5.56 Å². The van der Waals surface area contributed by atoms with Crippen LogP contribution in [0, 0.1) is 6.92 Å². The van der Waals surface area contributed by atoms with Gasteiger partial charge in [-0.2, -0.15) is 0 Å². The molecule has 0 radical (unpaired) electrons. The fourth-order valence-corrected chi connectivity index (χ4v) is 2.11. The first kappa shape index (κ1) is 13.5. The Hall–Kier alpha value is -1.96. The molecule has 3 N–H and O–H groups in total. The molecule has 0 aliphatic carbocycles. The molecule has 0 aliphatic heterocycles. The largest absolute Gasteiger partial charge is 0.399 e. The number of nitrogens with two attached hydrogens (primary N) is 1. The zero-order chi connectivity index (χ0) is 14.0. The molecule has 0 amide bonds. The summed E-state index contributed by atoms with van der Waals surface area (Å²) in [6, 6.07) is 14.6. The summed E-state index contributed by atoms with van der Waals surface area (Å²) in [7, 11) is 0. The van der Waals surface area contributed by atoms with E-state index < -0.39 is 0 Å². The van der Waals surface area contributed by atoms with Gasteiger partial charge in [-0.05, 0) is 53.8 Å². The first-order valence-electron chi connectivity index (χ1n) is 6.59. The molecule has 0 unspecified atom stereocenters. The van der Waals surface area contributed by atoms with E-state index in [1.807, 2.05) is 19.1 Å². The fourth-order valence-electron chi connectivity index (χ4n) is 2.11. The molecule has 2 rings (SSSR count). The lowest BCUT2D eigenvalue weighted by Crippen LogP contribution is -2.10. The summed E-state index contributed by atoms with van der Waals surface area (Å²) in [5.74, 6) is 0. The molecule has 0 aliphatic rings. The van der Waals surface area contributed by atoms with Gasteiger partial charge < -0.3 is 11.1 Å². The molecule has 0 saturated carbocycles. The molecule has 0 bridgehead atoms. The highest BCUT2D eigenvalue weighted by Crippen LogP contribution is 2.25. The van der Waals surface area contributed by atoms with E-state index in [0.717, 1.165) is 22.6 Å². The van der Waals surface area contributed by atoms with E-state index in [-0.39, 0.29) is 5.41 Å². The molecule has 2 heteroatoms. The van der Waals surface area contributed by atoms with E-state index in [4.69, 9.17) is 5.73 Å². The van der Waals surface area contributed by atoms with Crippen LogP contribution >= 0.6 is 0 Å². The molecule has 2 aromatic rings. The summed E-state index contributed by atoms with van der Waals surface area (Å²) in [6.45, 7) is 8.70. The van der Waals surface area contributed by atoms with Crippen molar-refractivity contribution in [2.24, 2.45) is 0 Å². The predicted octanol–water partition coefficient (Wildman–Crippen LogP) is 4.62. The summed E-state index contributed by atoms with van der Waals surface area (Å²) >= 11 is 0. The Labute approximate surface area is 115 Å². The average Bonchev–Trinajstić information content (AvgIpc) is 2.26. The van der Waals surface area contributed by atoms with Crippen LogP contribution in [0.15, 0.2) is 42.5 Å². The minimum absolute atomic E-state index is 0.187. The smallest absolute Gasteiger partial charge is 0.0407 e. The van der Waals surface area contributed by atoms with Crippen LogP contribution in [0.25, 0.3) is 0 Å². The van der Waals surface area contributed by atoms with Crippen molar-refractivity contribution in [1.82, 2.24) is 0 Å². The van der Waals surface area contributed by atoms with E-state index in [9.17, 15) is 0 Å². The minimum atomic E-state index is 0.187. The predicted molar refractivity (Wildman–Crippen MR) is 84.0 cm³/mol. The summed E-state index contributed by atoms with van der Waals surface area (Å²) in [5, 5.41) is 3.38. The second-order valence-electron chi connectivity index (χ2n) is 6.08. The highest BCUT2D eigenvalue weighted by atomic mass is 14.9. The third kappa shape index (κ3) is 3.50. The first-order chi connectivity index (χ1) is 8.84. The van der Waals surface area contributed by atoms with Gasteiger partial charge in [0, 0.05) is 17.1 Å². The molecule has 0 spiro atoms. The number of nitrogen functional groups attached to an aromatic ring is 1. The van der Waals surface area contributed by atoms with Crippen molar-refractivity contribution >= 4 is 17.1 Å². The maximum atomic E-state index is 5.85. The molecule has 0 saturated heterocycles. The first-order valence-corrected chi connectivity index (χ1v) is 6.59. The fraction of sp³-hybridized carbons (Fsp3) is 0.294. The molecule has 0 heterocycles. The van der Waals surface area contributed by atoms with Crippen LogP contribution < -0.4 is 11.1 Å². The topological polar surface area (TPSA) is 38.0 Å². The van der Waals surface area contributed by atoms with Crippen LogP contribution in [0.5, 0.6) is 0 Å². The molecule has 2 aromatic carbocycles. The molecule has 0 aromatic heterocycles. The van der Waals surface area contributed by atoms with Crippen LogP contribution in [0.1, 0.15) is 31.9 Å². The van der Waals surface area contributed by atoms with E-state index in [1.54, 1.807) is 0 Å². The van der Waals surface area contributed by atoms with Gasteiger partial charge >= 0.3 is 0 Å². The van der Waals surface area contributed by atoms with Crippen molar-refractivity contribution in [3.05, 3.63) is 53.6 Å². The molecular weight excluding hydrogens is 232 g/mol. The number of aryl methyl sites for hydroxylation is 1. The molecule has 2 nitrogen and oxygen atoms in total. The summed E-state index contributed by atoms with van der Waals surface area (Å²) in [4.78, 5) is 0. The zero-order valence-electron chi connectivity index (χ0n) is 12.1. The number of benzene rings is 2. The number of anilines is 3. The van der Waals surface area contributed by atoms with Gasteiger partial charge in [0.25, 0.3) is 0 Å². The highest BCUT2D eigenvalue weighted by molar-refractivity contribution is 5.65. The number of hydrogen-bond acceptors (Lipinski definition) is 2. The molecule has 100 valence electrons. The Morgan fingerprint density at radius 1 is 0.895 bits per heavy atom. The van der Waals surface area contributed by atoms with Crippen LogP contribution in [-0.4, -0.2) is 0 Å². The maximum Gasteiger partial charge on any atom is 0.0407 e. The number of hydrogen-bond donors (Lipinski definition) is 2. The van der Waals surface area contributed by atoms with Crippen molar-refractivity contribution in [3.8, 4) is 0 Å². The third-order valence-electron chi connectivity index (χ3n) is 3.14. The van der Waals surface area contributed by atoms with Gasteiger partial charge in [-0.25, -0.2) is 0 Å². The third-order valence-corrected chi connectivity index (χ3v) is 3.14. The summed E-state index contributed by atoms with van der Waals surface area (Å²) < 4.78 is 0. The Bertz CT molecular complexity index is 543. The average molecular weight is 254 g/mol. The number of rotatable bonds is 2. The van der Waals surface area contributed by atoms with Gasteiger partial charge in [0.1, 0.15) is 0 Å². The van der Waals surface area contributed by atoms with Gasteiger partial charge in [-0.15, -0.1) is 0 Å². The summed E-state index contributed by atoms with van der Waals surface area (Å²) in [5.41, 5.74) is 11.4. The molecule has 0 atom stereocenters. The van der Waals surface area contributed by atoms with Crippen LogP contribution in [-0.2, 0) is 5.41 Å². The monoisotopic (exact) mass is 254 g/mol. The van der Waals surface area contributed by atoms with Gasteiger partial charge in [0.2, 0.25) is 0 Å². The highest BCUT2D eigenvalue weighted by Gasteiger charge is 2.12. The Kier molecular flexibility index (Phi) is 3.52. The van der Waals surface area contributed by atoms with Crippen molar-refractivity contribution in [2.75, 3.05) is 11.1 Å². The second kappa shape index (κ2) is 4.96. The van der Waals surface area contributed by atoms with Gasteiger partial charge in [-0.1, -0.05) is 32.9 Å². The standard InChI is InChI=1S/C17H22N2/c1-12-9-14(18)11-16(10-12)19-15-7-5-13(6-8-15)17(2,3)4/h5-11,19H,18H2,1-4H3. The lowest BCUT2D eigenvalue weighted by molar-refractivity contribution is 0.590. The maximum absolute atomic E-state index is 5.85. The SMILES string of the molecule is Cc1cc(N)cc(Nc2ccc(C(C)(C)C)cc2)c1. The second-order valence-corrected chi connectivity index (χ2v) is 6.08. The molecule has 19 heavy (non-hydrogen) atoms. The Morgan fingerprint density at radius 2 is 1.53 bits per heavy atom. The van der Waals surface area contributed by atoms with Crippen LogP contribution in [0.2, 0.25) is 0 Å². The zero-order valence-corrected chi connectivity index (χ0v) is 12.1. The lowest BCUT2D eigenvalue weighted by Gasteiger charge is -2.19. The van der Waals surface area contributed by atoms with Gasteiger partial charge in [0.15, 0.2) is 0 Å². The van der Waals surface area contributed by atoms with Crippen molar-refractivity contribution in [3.63, 3.8) is 0 Å². The molecular formula is C17H22N2. The van der Waals surface area contributed by atoms with E-state index in [0.29, 0.717) is 0 Å².